The van der Waals surface area contributed by atoms with Gasteiger partial charge in [-0.05, 0) is 25.2 Å². The molecular formula is C9H14N6S2. The SMILES string of the molecule is NC1=NNC(CC2CC(c3nnc(N)s3)C2)S1. The highest BCUT2D eigenvalue weighted by molar-refractivity contribution is 8.14. The minimum absolute atomic E-state index is 0.348. The van der Waals surface area contributed by atoms with Gasteiger partial charge in [0, 0.05) is 5.92 Å². The smallest absolute Gasteiger partial charge is 0.203 e. The standard InChI is InChI=1S/C9H14N6S2/c10-8-14-12-6(16-8)3-4-1-5(2-4)7-13-15-9(11)17-7/h4-6,12H,1-3H2,(H2,10,14)(H2,11,15). The Hall–Kier alpha value is -1.02. The zero-order valence-corrected chi connectivity index (χ0v) is 10.8. The van der Waals surface area contributed by atoms with Crippen LogP contribution in [0, 0.1) is 5.92 Å². The predicted molar refractivity (Wildman–Crippen MR) is 70.5 cm³/mol. The van der Waals surface area contributed by atoms with Crippen molar-refractivity contribution < 1.29 is 0 Å². The maximum atomic E-state index is 5.60. The van der Waals surface area contributed by atoms with Crippen LogP contribution in [0.5, 0.6) is 0 Å². The van der Waals surface area contributed by atoms with Crippen molar-refractivity contribution >= 4 is 33.4 Å². The van der Waals surface area contributed by atoms with Crippen LogP contribution < -0.4 is 16.9 Å². The lowest BCUT2D eigenvalue weighted by molar-refractivity contribution is 0.240. The summed E-state index contributed by atoms with van der Waals surface area (Å²) in [4.78, 5) is 0. The second kappa shape index (κ2) is 4.34. The summed E-state index contributed by atoms with van der Waals surface area (Å²) in [6.07, 6.45) is 3.46. The van der Waals surface area contributed by atoms with Gasteiger partial charge in [-0.3, -0.25) is 5.43 Å². The van der Waals surface area contributed by atoms with Crippen molar-refractivity contribution in [1.82, 2.24) is 15.6 Å². The number of hydrazone groups is 1. The Kier molecular flexibility index (Phi) is 2.83. The number of hydrogen-bond acceptors (Lipinski definition) is 8. The van der Waals surface area contributed by atoms with E-state index in [1.807, 2.05) is 0 Å². The molecule has 17 heavy (non-hydrogen) atoms. The lowest BCUT2D eigenvalue weighted by Crippen LogP contribution is -2.28. The van der Waals surface area contributed by atoms with E-state index in [9.17, 15) is 0 Å². The van der Waals surface area contributed by atoms with E-state index in [1.54, 1.807) is 11.8 Å². The molecule has 1 aliphatic heterocycles. The molecule has 0 amide bonds. The monoisotopic (exact) mass is 270 g/mol. The second-order valence-corrected chi connectivity index (χ2v) is 6.70. The lowest BCUT2D eigenvalue weighted by atomic mass is 9.73. The van der Waals surface area contributed by atoms with Crippen molar-refractivity contribution in [3.05, 3.63) is 5.01 Å². The molecule has 1 aromatic rings. The van der Waals surface area contributed by atoms with Gasteiger partial charge in [0.15, 0.2) is 5.17 Å². The summed E-state index contributed by atoms with van der Waals surface area (Å²) < 4.78 is 0. The van der Waals surface area contributed by atoms with Gasteiger partial charge in [0.05, 0.1) is 5.37 Å². The van der Waals surface area contributed by atoms with Gasteiger partial charge in [-0.25, -0.2) is 0 Å². The Balaban J connectivity index is 1.46. The maximum absolute atomic E-state index is 5.60. The summed E-state index contributed by atoms with van der Waals surface area (Å²) in [5, 5.41) is 14.6. The van der Waals surface area contributed by atoms with Gasteiger partial charge in [-0.1, -0.05) is 23.1 Å². The topological polar surface area (TPSA) is 102 Å². The Labute approximate surface area is 107 Å². The maximum Gasteiger partial charge on any atom is 0.203 e. The second-order valence-electron chi connectivity index (χ2n) is 4.43. The number of hydrogen-bond donors (Lipinski definition) is 3. The summed E-state index contributed by atoms with van der Waals surface area (Å²) in [7, 11) is 0. The van der Waals surface area contributed by atoms with E-state index in [-0.39, 0.29) is 0 Å². The summed E-state index contributed by atoms with van der Waals surface area (Å²) in [5.74, 6) is 1.29. The molecule has 1 unspecified atom stereocenters. The van der Waals surface area contributed by atoms with Crippen LogP contribution in [0.15, 0.2) is 5.10 Å². The first-order valence-corrected chi connectivity index (χ1v) is 7.24. The Bertz CT molecular complexity index is 438. The highest BCUT2D eigenvalue weighted by atomic mass is 32.2. The zero-order chi connectivity index (χ0) is 11.8. The summed E-state index contributed by atoms with van der Waals surface area (Å²) in [5.41, 5.74) is 14.2. The average Bonchev–Trinajstić information content (AvgIpc) is 2.81. The first kappa shape index (κ1) is 11.1. The summed E-state index contributed by atoms with van der Waals surface area (Å²) >= 11 is 3.12. The number of nitrogens with zero attached hydrogens (tertiary/aromatic N) is 3. The van der Waals surface area contributed by atoms with E-state index in [2.05, 4.69) is 20.7 Å². The molecule has 5 N–H and O–H groups in total. The van der Waals surface area contributed by atoms with Crippen LogP contribution in [0.25, 0.3) is 0 Å². The number of thioether (sulfide) groups is 1. The van der Waals surface area contributed by atoms with E-state index < -0.39 is 0 Å². The first-order valence-electron chi connectivity index (χ1n) is 5.55. The first-order chi connectivity index (χ1) is 8.20. The van der Waals surface area contributed by atoms with E-state index in [0.29, 0.717) is 21.6 Å². The number of anilines is 1. The molecule has 0 radical (unpaired) electrons. The zero-order valence-electron chi connectivity index (χ0n) is 9.17. The van der Waals surface area contributed by atoms with Crippen molar-refractivity contribution in [1.29, 1.82) is 0 Å². The van der Waals surface area contributed by atoms with Crippen LogP contribution in [0.3, 0.4) is 0 Å². The third kappa shape index (κ3) is 2.32. The number of nitrogens with one attached hydrogen (secondary N) is 1. The fourth-order valence-electron chi connectivity index (χ4n) is 2.28. The van der Waals surface area contributed by atoms with Gasteiger partial charge >= 0.3 is 0 Å². The van der Waals surface area contributed by atoms with Crippen LogP contribution in [-0.2, 0) is 0 Å². The largest absolute Gasteiger partial charge is 0.377 e. The van der Waals surface area contributed by atoms with Gasteiger partial charge < -0.3 is 11.5 Å². The average molecular weight is 270 g/mol. The van der Waals surface area contributed by atoms with Crippen molar-refractivity contribution in [2.45, 2.75) is 30.6 Å². The molecule has 1 aromatic heterocycles. The molecule has 3 rings (SSSR count). The normalized spacial score (nSPS) is 31.8. The number of amidine groups is 1. The molecule has 92 valence electrons. The lowest BCUT2D eigenvalue weighted by Gasteiger charge is -2.34. The van der Waals surface area contributed by atoms with Crippen LogP contribution in [0.2, 0.25) is 0 Å². The fourth-order valence-corrected chi connectivity index (χ4v) is 3.89. The Morgan fingerprint density at radius 3 is 2.71 bits per heavy atom. The van der Waals surface area contributed by atoms with E-state index in [1.165, 1.54) is 24.2 Å². The molecule has 1 fully saturated rings. The number of nitrogens with two attached hydrogens (primary N) is 2. The molecule has 0 spiro atoms. The van der Waals surface area contributed by atoms with Crippen LogP contribution in [0.1, 0.15) is 30.2 Å². The van der Waals surface area contributed by atoms with Crippen LogP contribution >= 0.6 is 23.1 Å². The third-order valence-electron chi connectivity index (χ3n) is 3.17. The number of rotatable bonds is 3. The van der Waals surface area contributed by atoms with Gasteiger partial charge in [0.2, 0.25) is 5.13 Å². The van der Waals surface area contributed by atoms with Crippen molar-refractivity contribution in [2.24, 2.45) is 16.8 Å². The van der Waals surface area contributed by atoms with E-state index >= 15 is 0 Å². The highest BCUT2D eigenvalue weighted by Gasteiger charge is 2.35. The molecular weight excluding hydrogens is 256 g/mol. The molecule has 8 heteroatoms. The predicted octanol–water partition coefficient (Wildman–Crippen LogP) is 0.896. The fraction of sp³-hybridized carbons (Fsp3) is 0.667. The molecule has 2 aliphatic rings. The minimum atomic E-state index is 0.348. The van der Waals surface area contributed by atoms with E-state index in [0.717, 1.165) is 17.3 Å². The van der Waals surface area contributed by atoms with Crippen LogP contribution in [0.4, 0.5) is 5.13 Å². The molecule has 1 atom stereocenters. The molecule has 1 saturated carbocycles. The quantitative estimate of drug-likeness (QED) is 0.754. The van der Waals surface area contributed by atoms with Crippen LogP contribution in [-0.4, -0.2) is 20.7 Å². The number of nitrogen functional groups attached to an aromatic ring is 1. The molecule has 1 aliphatic carbocycles. The van der Waals surface area contributed by atoms with Gasteiger partial charge in [0.1, 0.15) is 5.01 Å². The summed E-state index contributed by atoms with van der Waals surface area (Å²) in [6, 6.07) is 0. The number of aromatic nitrogens is 2. The third-order valence-corrected chi connectivity index (χ3v) is 5.00. The highest BCUT2D eigenvalue weighted by Crippen LogP contribution is 2.45. The van der Waals surface area contributed by atoms with Gasteiger partial charge in [0.25, 0.3) is 0 Å². The van der Waals surface area contributed by atoms with E-state index in [4.69, 9.17) is 11.5 Å². The van der Waals surface area contributed by atoms with Crippen molar-refractivity contribution in [3.63, 3.8) is 0 Å². The summed E-state index contributed by atoms with van der Waals surface area (Å²) in [6.45, 7) is 0. The molecule has 0 bridgehead atoms. The van der Waals surface area contributed by atoms with Gasteiger partial charge in [-0.15, -0.1) is 10.2 Å². The van der Waals surface area contributed by atoms with Crippen molar-refractivity contribution in [2.75, 3.05) is 5.73 Å². The van der Waals surface area contributed by atoms with Gasteiger partial charge in [-0.2, -0.15) is 5.10 Å². The molecule has 6 nitrogen and oxygen atoms in total. The Morgan fingerprint density at radius 2 is 2.12 bits per heavy atom. The molecule has 2 heterocycles. The minimum Gasteiger partial charge on any atom is -0.377 e. The molecule has 0 aromatic carbocycles. The Morgan fingerprint density at radius 1 is 1.29 bits per heavy atom. The van der Waals surface area contributed by atoms with Crippen molar-refractivity contribution in [3.8, 4) is 0 Å². The molecule has 0 saturated heterocycles.